The van der Waals surface area contributed by atoms with Crippen molar-refractivity contribution < 1.29 is 4.74 Å². The van der Waals surface area contributed by atoms with Crippen molar-refractivity contribution in [2.24, 2.45) is 0 Å². The van der Waals surface area contributed by atoms with Crippen molar-refractivity contribution in [2.45, 2.75) is 38.1 Å². The van der Waals surface area contributed by atoms with Crippen LogP contribution in [0.25, 0.3) is 0 Å². The number of likely N-dealkylation sites (tertiary alicyclic amines) is 1. The molecule has 4 heteroatoms. The Morgan fingerprint density at radius 2 is 2.37 bits per heavy atom. The number of aromatic nitrogens is 1. The number of hydrogen-bond donors (Lipinski definition) is 0. The summed E-state index contributed by atoms with van der Waals surface area (Å²) in [6, 6.07) is 5.04. The van der Waals surface area contributed by atoms with Gasteiger partial charge in [0.2, 0.25) is 0 Å². The molecule has 1 aromatic rings. The van der Waals surface area contributed by atoms with Crippen molar-refractivity contribution in [2.75, 3.05) is 19.7 Å². The standard InChI is InChI=1S/C15H20N3O/c1-17-5-4-15-11(7-17)2-3-12(16-15)8-18-9-14-6-13(18)10-19-14/h2-3,13-14H,1,4-10H2/q-1/t13-,14-/m0/s1. The highest BCUT2D eigenvalue weighted by atomic mass is 16.5. The van der Waals surface area contributed by atoms with Gasteiger partial charge in [0.25, 0.3) is 0 Å². The highest BCUT2D eigenvalue weighted by Crippen LogP contribution is 2.29. The van der Waals surface area contributed by atoms with E-state index in [2.05, 4.69) is 29.0 Å². The number of pyridine rings is 1. The van der Waals surface area contributed by atoms with Gasteiger partial charge in [-0.15, -0.1) is 0 Å². The van der Waals surface area contributed by atoms with Crippen molar-refractivity contribution in [3.8, 4) is 0 Å². The van der Waals surface area contributed by atoms with E-state index < -0.39 is 0 Å². The fourth-order valence-corrected chi connectivity index (χ4v) is 3.49. The van der Waals surface area contributed by atoms with Crippen LogP contribution in [0.2, 0.25) is 0 Å². The zero-order chi connectivity index (χ0) is 12.8. The van der Waals surface area contributed by atoms with Crippen molar-refractivity contribution >= 4 is 0 Å². The van der Waals surface area contributed by atoms with E-state index in [4.69, 9.17) is 9.72 Å². The van der Waals surface area contributed by atoms with Gasteiger partial charge in [0.1, 0.15) is 0 Å². The Bertz CT molecular complexity index is 490. The zero-order valence-corrected chi connectivity index (χ0v) is 11.2. The molecule has 19 heavy (non-hydrogen) atoms. The highest BCUT2D eigenvalue weighted by molar-refractivity contribution is 5.25. The summed E-state index contributed by atoms with van der Waals surface area (Å²) in [5.41, 5.74) is 3.83. The molecular formula is C15H20N3O-. The molecule has 0 amide bonds. The van der Waals surface area contributed by atoms with Crippen LogP contribution in [0.5, 0.6) is 0 Å². The largest absolute Gasteiger partial charge is 0.455 e. The third kappa shape index (κ3) is 2.18. The van der Waals surface area contributed by atoms with Crippen LogP contribution in [0.3, 0.4) is 0 Å². The molecule has 0 N–H and O–H groups in total. The van der Waals surface area contributed by atoms with Crippen LogP contribution in [0, 0.1) is 7.05 Å². The summed E-state index contributed by atoms with van der Waals surface area (Å²) in [6.45, 7) is 4.92. The first-order valence-corrected chi connectivity index (χ1v) is 7.17. The SMILES string of the molecule is [CH2-]N1CCc2nc(CN3C[C@@H]4C[C@H]3CO4)ccc2C1. The van der Waals surface area contributed by atoms with Gasteiger partial charge < -0.3 is 9.64 Å². The number of ether oxygens (including phenoxy) is 1. The first-order valence-electron chi connectivity index (χ1n) is 7.17. The van der Waals surface area contributed by atoms with Crippen LogP contribution in [-0.4, -0.2) is 46.6 Å². The van der Waals surface area contributed by atoms with E-state index in [1.54, 1.807) is 0 Å². The highest BCUT2D eigenvalue weighted by Gasteiger charge is 2.38. The van der Waals surface area contributed by atoms with E-state index in [9.17, 15) is 0 Å². The lowest BCUT2D eigenvalue weighted by atomic mass is 10.1. The fraction of sp³-hybridized carbons (Fsp3) is 0.600. The Labute approximate surface area is 114 Å². The molecule has 0 aliphatic carbocycles. The van der Waals surface area contributed by atoms with Crippen molar-refractivity contribution in [1.29, 1.82) is 0 Å². The van der Waals surface area contributed by atoms with Gasteiger partial charge in [-0.2, -0.15) is 0 Å². The first kappa shape index (κ1) is 11.8. The van der Waals surface area contributed by atoms with Gasteiger partial charge in [-0.25, -0.2) is 0 Å². The molecule has 2 atom stereocenters. The van der Waals surface area contributed by atoms with Crippen molar-refractivity contribution in [3.05, 3.63) is 36.1 Å². The average molecular weight is 258 g/mol. The third-order valence-corrected chi connectivity index (χ3v) is 4.56. The second kappa shape index (κ2) is 4.54. The Hall–Kier alpha value is -0.970. The molecule has 4 nitrogen and oxygen atoms in total. The molecule has 2 bridgehead atoms. The summed E-state index contributed by atoms with van der Waals surface area (Å²) in [4.78, 5) is 9.50. The molecule has 0 radical (unpaired) electrons. The molecule has 3 aliphatic heterocycles. The number of hydrogen-bond acceptors (Lipinski definition) is 4. The molecular weight excluding hydrogens is 238 g/mol. The van der Waals surface area contributed by atoms with Crippen LogP contribution in [0.4, 0.5) is 0 Å². The average Bonchev–Trinajstić information content (AvgIpc) is 3.01. The second-order valence-corrected chi connectivity index (χ2v) is 5.99. The predicted molar refractivity (Wildman–Crippen MR) is 72.3 cm³/mol. The van der Waals surface area contributed by atoms with E-state index in [1.165, 1.54) is 23.4 Å². The molecule has 102 valence electrons. The van der Waals surface area contributed by atoms with Gasteiger partial charge in [0, 0.05) is 31.2 Å². The van der Waals surface area contributed by atoms with Gasteiger partial charge in [-0.3, -0.25) is 16.9 Å². The molecule has 2 saturated heterocycles. The number of fused-ring (bicyclic) bond motifs is 3. The Kier molecular flexibility index (Phi) is 2.83. The van der Waals surface area contributed by atoms with Crippen molar-refractivity contribution in [1.82, 2.24) is 14.8 Å². The molecule has 3 aliphatic rings. The Morgan fingerprint density at radius 1 is 1.42 bits per heavy atom. The number of morpholine rings is 1. The predicted octanol–water partition coefficient (Wildman–Crippen LogP) is 1.20. The maximum absolute atomic E-state index is 5.65. The summed E-state index contributed by atoms with van der Waals surface area (Å²) in [5, 5.41) is 0. The van der Waals surface area contributed by atoms with Gasteiger partial charge in [-0.05, 0) is 31.1 Å². The number of rotatable bonds is 2. The normalized spacial score (nSPS) is 30.8. The summed E-state index contributed by atoms with van der Waals surface area (Å²) in [7, 11) is 4.01. The van der Waals surface area contributed by atoms with E-state index in [-0.39, 0.29) is 0 Å². The molecule has 1 aromatic heterocycles. The van der Waals surface area contributed by atoms with E-state index in [0.717, 1.165) is 39.2 Å². The van der Waals surface area contributed by atoms with Crippen LogP contribution in [-0.2, 0) is 24.2 Å². The third-order valence-electron chi connectivity index (χ3n) is 4.56. The summed E-state index contributed by atoms with van der Waals surface area (Å²) < 4.78 is 5.65. The molecule has 0 unspecified atom stereocenters. The number of nitrogens with zero attached hydrogens (tertiary/aromatic N) is 3. The monoisotopic (exact) mass is 258 g/mol. The molecule has 4 heterocycles. The van der Waals surface area contributed by atoms with Crippen LogP contribution >= 0.6 is 0 Å². The second-order valence-electron chi connectivity index (χ2n) is 5.99. The zero-order valence-electron chi connectivity index (χ0n) is 11.2. The lowest BCUT2D eigenvalue weighted by Gasteiger charge is -2.31. The van der Waals surface area contributed by atoms with Gasteiger partial charge in [-0.1, -0.05) is 6.07 Å². The van der Waals surface area contributed by atoms with Gasteiger partial charge in [0.05, 0.1) is 18.4 Å². The molecule has 0 aromatic carbocycles. The van der Waals surface area contributed by atoms with Crippen LogP contribution in [0.1, 0.15) is 23.4 Å². The van der Waals surface area contributed by atoms with Crippen LogP contribution in [0.15, 0.2) is 12.1 Å². The maximum Gasteiger partial charge on any atom is 0.0718 e. The topological polar surface area (TPSA) is 28.6 Å². The van der Waals surface area contributed by atoms with Crippen LogP contribution < -0.4 is 0 Å². The van der Waals surface area contributed by atoms with Crippen molar-refractivity contribution in [3.63, 3.8) is 0 Å². The lowest BCUT2D eigenvalue weighted by Crippen LogP contribution is -2.36. The lowest BCUT2D eigenvalue weighted by molar-refractivity contribution is 0.0268. The maximum atomic E-state index is 5.65. The molecule has 0 saturated carbocycles. The van der Waals surface area contributed by atoms with E-state index in [1.807, 2.05) is 0 Å². The minimum absolute atomic E-state index is 0.474. The van der Waals surface area contributed by atoms with E-state index in [0.29, 0.717) is 12.1 Å². The quantitative estimate of drug-likeness (QED) is 0.745. The smallest absolute Gasteiger partial charge is 0.0718 e. The summed E-state index contributed by atoms with van der Waals surface area (Å²) >= 11 is 0. The van der Waals surface area contributed by atoms with E-state index >= 15 is 0 Å². The molecule has 4 rings (SSSR count). The van der Waals surface area contributed by atoms with Gasteiger partial charge >= 0.3 is 0 Å². The molecule has 2 fully saturated rings. The van der Waals surface area contributed by atoms with Gasteiger partial charge in [0.15, 0.2) is 0 Å². The fourth-order valence-electron chi connectivity index (χ4n) is 3.49. The molecule has 0 spiro atoms. The Morgan fingerprint density at radius 3 is 3.16 bits per heavy atom. The first-order chi connectivity index (χ1) is 9.28. The Balaban J connectivity index is 1.50. The minimum atomic E-state index is 0.474. The minimum Gasteiger partial charge on any atom is -0.455 e. The summed E-state index contributed by atoms with van der Waals surface area (Å²) in [5.74, 6) is 0. The summed E-state index contributed by atoms with van der Waals surface area (Å²) in [6.07, 6.45) is 2.71.